The number of halogens is 1. The summed E-state index contributed by atoms with van der Waals surface area (Å²) in [5.74, 6) is 1.45. The fourth-order valence-electron chi connectivity index (χ4n) is 3.21. The molecule has 0 N–H and O–H groups in total. The molecule has 0 atom stereocenters. The third-order valence-electron chi connectivity index (χ3n) is 4.86. The molecule has 0 aliphatic carbocycles. The quantitative estimate of drug-likeness (QED) is 0.313. The lowest BCUT2D eigenvalue weighted by molar-refractivity contribution is 0.573. The second-order valence-corrected chi connectivity index (χ2v) is 8.10. The lowest BCUT2D eigenvalue weighted by Crippen LogP contribution is -2.00. The normalized spacial score (nSPS) is 11.1. The van der Waals surface area contributed by atoms with Crippen molar-refractivity contribution in [1.29, 1.82) is 0 Å². The van der Waals surface area contributed by atoms with Crippen LogP contribution in [0.4, 0.5) is 4.39 Å². The highest BCUT2D eigenvalue weighted by atomic mass is 32.2. The van der Waals surface area contributed by atoms with Crippen LogP contribution in [0.5, 0.6) is 0 Å². The highest BCUT2D eigenvalue weighted by Gasteiger charge is 2.17. The Bertz CT molecular complexity index is 1330. The van der Waals surface area contributed by atoms with Gasteiger partial charge in [0.15, 0.2) is 11.0 Å². The van der Waals surface area contributed by atoms with Crippen LogP contribution >= 0.6 is 11.8 Å². The molecule has 5 aromatic rings. The summed E-state index contributed by atoms with van der Waals surface area (Å²) >= 11 is 1.52. The topological polar surface area (TPSA) is 69.6 Å². The Morgan fingerprint density at radius 1 is 0.906 bits per heavy atom. The molecule has 0 spiro atoms. The van der Waals surface area contributed by atoms with Gasteiger partial charge in [-0.1, -0.05) is 29.5 Å². The highest BCUT2D eigenvalue weighted by Crippen LogP contribution is 2.30. The minimum Gasteiger partial charge on any atom is -0.444 e. The van der Waals surface area contributed by atoms with Crippen molar-refractivity contribution in [2.45, 2.75) is 17.8 Å². The molecule has 3 aromatic heterocycles. The molecular formula is C24H18FN5OS. The summed E-state index contributed by atoms with van der Waals surface area (Å²) < 4.78 is 20.8. The van der Waals surface area contributed by atoms with E-state index < -0.39 is 0 Å². The van der Waals surface area contributed by atoms with Gasteiger partial charge in [0.2, 0.25) is 5.89 Å². The maximum atomic E-state index is 13.2. The number of pyridine rings is 1. The zero-order valence-corrected chi connectivity index (χ0v) is 18.0. The Hall–Kier alpha value is -3.78. The maximum absolute atomic E-state index is 13.2. The van der Waals surface area contributed by atoms with E-state index in [1.54, 1.807) is 30.8 Å². The summed E-state index contributed by atoms with van der Waals surface area (Å²) in [4.78, 5) is 8.63. The van der Waals surface area contributed by atoms with Crippen molar-refractivity contribution < 1.29 is 8.81 Å². The Labute approximate surface area is 188 Å². The first kappa shape index (κ1) is 20.1. The van der Waals surface area contributed by atoms with Crippen LogP contribution in [0.1, 0.15) is 11.3 Å². The molecule has 5 rings (SSSR count). The fourth-order valence-corrected chi connectivity index (χ4v) is 4.04. The monoisotopic (exact) mass is 443 g/mol. The van der Waals surface area contributed by atoms with Gasteiger partial charge >= 0.3 is 0 Å². The molecule has 2 aromatic carbocycles. The van der Waals surface area contributed by atoms with Crippen molar-refractivity contribution in [3.8, 4) is 28.5 Å². The van der Waals surface area contributed by atoms with Gasteiger partial charge in [-0.05, 0) is 55.5 Å². The van der Waals surface area contributed by atoms with E-state index in [-0.39, 0.29) is 5.82 Å². The van der Waals surface area contributed by atoms with E-state index in [2.05, 4.69) is 51.4 Å². The van der Waals surface area contributed by atoms with E-state index in [0.717, 1.165) is 33.5 Å². The zero-order chi connectivity index (χ0) is 21.9. The molecule has 0 aliphatic heterocycles. The molecule has 32 heavy (non-hydrogen) atoms. The van der Waals surface area contributed by atoms with Crippen LogP contribution in [-0.4, -0.2) is 24.7 Å². The summed E-state index contributed by atoms with van der Waals surface area (Å²) in [6.07, 6.45) is 5.09. The molecule has 0 unspecified atom stereocenters. The predicted molar refractivity (Wildman–Crippen MR) is 121 cm³/mol. The third kappa shape index (κ3) is 4.17. The van der Waals surface area contributed by atoms with Gasteiger partial charge < -0.3 is 4.42 Å². The first-order valence-electron chi connectivity index (χ1n) is 9.93. The molecule has 0 radical (unpaired) electrons. The van der Waals surface area contributed by atoms with E-state index in [0.29, 0.717) is 11.6 Å². The molecule has 8 heteroatoms. The molecule has 158 valence electrons. The third-order valence-corrected chi connectivity index (χ3v) is 5.82. The molecule has 3 heterocycles. The molecular weight excluding hydrogens is 425 g/mol. The number of hydrogen-bond donors (Lipinski definition) is 0. The fraction of sp³-hybridized carbons (Fsp3) is 0.0833. The average molecular weight is 444 g/mol. The number of oxazole rings is 1. The number of aromatic nitrogens is 5. The molecule has 0 amide bonds. The van der Waals surface area contributed by atoms with Crippen molar-refractivity contribution in [1.82, 2.24) is 24.7 Å². The SMILES string of the molecule is Cc1ccc(-n2c(SCc3coc(-c4ccc(F)cc4)n3)nnc2-c2ccncc2)cc1. The Kier molecular flexibility index (Phi) is 5.51. The smallest absolute Gasteiger partial charge is 0.226 e. The van der Waals surface area contributed by atoms with Gasteiger partial charge in [0.05, 0.1) is 5.69 Å². The minimum atomic E-state index is -0.295. The summed E-state index contributed by atoms with van der Waals surface area (Å²) in [5, 5.41) is 9.62. The molecule has 0 bridgehead atoms. The zero-order valence-electron chi connectivity index (χ0n) is 17.1. The number of hydrogen-bond acceptors (Lipinski definition) is 6. The Morgan fingerprint density at radius 3 is 2.41 bits per heavy atom. The Balaban J connectivity index is 1.43. The number of aryl methyl sites for hydroxylation is 1. The molecule has 6 nitrogen and oxygen atoms in total. The molecule has 0 saturated heterocycles. The van der Waals surface area contributed by atoms with Crippen molar-refractivity contribution >= 4 is 11.8 Å². The standard InChI is InChI=1S/C24H18FN5OS/c1-16-2-8-21(9-3-16)30-22(17-10-12-26-13-11-17)28-29-24(30)32-15-20-14-31-23(27-20)18-4-6-19(25)7-5-18/h2-14H,15H2,1H3. The van der Waals surface area contributed by atoms with Gasteiger partial charge in [-0.3, -0.25) is 9.55 Å². The van der Waals surface area contributed by atoms with E-state index in [4.69, 9.17) is 4.42 Å². The lowest BCUT2D eigenvalue weighted by Gasteiger charge is -2.10. The summed E-state index contributed by atoms with van der Waals surface area (Å²) in [6.45, 7) is 2.05. The van der Waals surface area contributed by atoms with Crippen molar-refractivity contribution in [2.75, 3.05) is 0 Å². The van der Waals surface area contributed by atoms with Gasteiger partial charge in [-0.2, -0.15) is 0 Å². The number of rotatable bonds is 6. The predicted octanol–water partition coefficient (Wildman–Crippen LogP) is 5.72. The molecule has 0 aliphatic rings. The first-order chi connectivity index (χ1) is 15.7. The van der Waals surface area contributed by atoms with E-state index in [1.165, 1.54) is 29.5 Å². The van der Waals surface area contributed by atoms with Crippen LogP contribution in [0, 0.1) is 12.7 Å². The van der Waals surface area contributed by atoms with E-state index in [9.17, 15) is 4.39 Å². The van der Waals surface area contributed by atoms with Crippen LogP contribution in [0.15, 0.2) is 88.9 Å². The highest BCUT2D eigenvalue weighted by molar-refractivity contribution is 7.98. The largest absolute Gasteiger partial charge is 0.444 e. The van der Waals surface area contributed by atoms with Crippen LogP contribution in [0.25, 0.3) is 28.5 Å². The van der Waals surface area contributed by atoms with Gasteiger partial charge in [0, 0.05) is 35.0 Å². The van der Waals surface area contributed by atoms with Crippen LogP contribution < -0.4 is 0 Å². The van der Waals surface area contributed by atoms with Gasteiger partial charge in [0.1, 0.15) is 12.1 Å². The van der Waals surface area contributed by atoms with Crippen LogP contribution in [-0.2, 0) is 5.75 Å². The van der Waals surface area contributed by atoms with Crippen molar-refractivity contribution in [3.05, 3.63) is 96.4 Å². The first-order valence-corrected chi connectivity index (χ1v) is 10.9. The summed E-state index contributed by atoms with van der Waals surface area (Å²) in [7, 11) is 0. The van der Waals surface area contributed by atoms with Gasteiger partial charge in [0.25, 0.3) is 0 Å². The minimum absolute atomic E-state index is 0.295. The van der Waals surface area contributed by atoms with Gasteiger partial charge in [-0.25, -0.2) is 9.37 Å². The molecule has 0 fully saturated rings. The summed E-state index contributed by atoms with van der Waals surface area (Å²) in [6, 6.07) is 18.1. The second-order valence-electron chi connectivity index (χ2n) is 7.15. The maximum Gasteiger partial charge on any atom is 0.226 e. The summed E-state index contributed by atoms with van der Waals surface area (Å²) in [5.41, 5.74) is 4.57. The lowest BCUT2D eigenvalue weighted by atomic mass is 10.2. The number of thioether (sulfide) groups is 1. The van der Waals surface area contributed by atoms with Crippen LogP contribution in [0.2, 0.25) is 0 Å². The molecule has 0 saturated carbocycles. The van der Waals surface area contributed by atoms with Crippen molar-refractivity contribution in [2.24, 2.45) is 0 Å². The number of benzene rings is 2. The number of nitrogens with zero attached hydrogens (tertiary/aromatic N) is 5. The second kappa shape index (κ2) is 8.76. The van der Waals surface area contributed by atoms with Crippen LogP contribution in [0.3, 0.4) is 0 Å². The van der Waals surface area contributed by atoms with Crippen molar-refractivity contribution in [3.63, 3.8) is 0 Å². The van der Waals surface area contributed by atoms with E-state index >= 15 is 0 Å². The Morgan fingerprint density at radius 2 is 1.66 bits per heavy atom. The van der Waals surface area contributed by atoms with Gasteiger partial charge in [-0.15, -0.1) is 10.2 Å². The average Bonchev–Trinajstić information content (AvgIpc) is 3.47. The van der Waals surface area contributed by atoms with E-state index in [1.807, 2.05) is 16.7 Å².